The first-order valence-electron chi connectivity index (χ1n) is 12.4. The summed E-state index contributed by atoms with van der Waals surface area (Å²) in [7, 11) is -3.87. The van der Waals surface area contributed by atoms with E-state index in [1.165, 1.54) is 25.3 Å². The molecule has 37 heavy (non-hydrogen) atoms. The average molecular weight is 520 g/mol. The van der Waals surface area contributed by atoms with E-state index in [0.717, 1.165) is 18.5 Å². The minimum Gasteiger partial charge on any atom is -0.384 e. The van der Waals surface area contributed by atoms with Gasteiger partial charge in [0.05, 0.1) is 4.90 Å². The van der Waals surface area contributed by atoms with Crippen LogP contribution in [-0.4, -0.2) is 26.2 Å². The molecule has 0 bridgehead atoms. The lowest BCUT2D eigenvalue weighted by Gasteiger charge is -2.27. The first-order chi connectivity index (χ1) is 17.7. The molecule has 1 aliphatic rings. The molecule has 1 atom stereocenters. The lowest BCUT2D eigenvalue weighted by atomic mass is 9.84. The van der Waals surface area contributed by atoms with Crippen molar-refractivity contribution < 1.29 is 13.2 Å². The highest BCUT2D eigenvalue weighted by Gasteiger charge is 2.25. The van der Waals surface area contributed by atoms with Crippen LogP contribution in [0, 0.1) is 11.3 Å². The van der Waals surface area contributed by atoms with Gasteiger partial charge >= 0.3 is 0 Å². The Hall–Kier alpha value is -3.69. The summed E-state index contributed by atoms with van der Waals surface area (Å²) in [6, 6.07) is 20.3. The van der Waals surface area contributed by atoms with Crippen LogP contribution in [-0.2, 0) is 14.8 Å². The van der Waals surface area contributed by atoms with Gasteiger partial charge in [0.25, 0.3) is 0 Å². The summed E-state index contributed by atoms with van der Waals surface area (Å²) >= 11 is 0. The predicted molar refractivity (Wildman–Crippen MR) is 148 cm³/mol. The summed E-state index contributed by atoms with van der Waals surface area (Å²) in [5, 5.41) is 19.4. The number of benzene rings is 3. The molecule has 1 aliphatic carbocycles. The molecule has 1 saturated carbocycles. The van der Waals surface area contributed by atoms with Crippen LogP contribution in [0.5, 0.6) is 0 Å². The highest BCUT2D eigenvalue weighted by atomic mass is 32.2. The third kappa shape index (κ3) is 6.96. The number of amides is 1. The van der Waals surface area contributed by atoms with Gasteiger partial charge in [-0.1, -0.05) is 74.6 Å². The SMILES string of the molecule is N=C(N)c1cccc(NC(CC2CCCCC2)C(=O)Nc2ccc(-c3ccccc3S(N)(=O)=O)cc2)c1. The maximum absolute atomic E-state index is 13.4. The Morgan fingerprint density at radius 2 is 1.65 bits per heavy atom. The van der Waals surface area contributed by atoms with Gasteiger partial charge in [0, 0.05) is 22.5 Å². The van der Waals surface area contributed by atoms with Gasteiger partial charge in [-0.3, -0.25) is 10.2 Å². The number of carbonyl (C=O) groups is 1. The van der Waals surface area contributed by atoms with Gasteiger partial charge in [-0.15, -0.1) is 0 Å². The molecule has 0 aromatic heterocycles. The highest BCUT2D eigenvalue weighted by Crippen LogP contribution is 2.30. The fraction of sp³-hybridized carbons (Fsp3) is 0.286. The van der Waals surface area contributed by atoms with Crippen LogP contribution in [0.3, 0.4) is 0 Å². The van der Waals surface area contributed by atoms with Crippen LogP contribution in [0.2, 0.25) is 0 Å². The molecule has 1 amide bonds. The lowest BCUT2D eigenvalue weighted by Crippen LogP contribution is -2.37. The van der Waals surface area contributed by atoms with E-state index in [-0.39, 0.29) is 16.6 Å². The smallest absolute Gasteiger partial charge is 0.246 e. The fourth-order valence-corrected chi connectivity index (χ4v) is 5.64. The van der Waals surface area contributed by atoms with Gasteiger partial charge in [0.2, 0.25) is 15.9 Å². The molecule has 3 aromatic carbocycles. The van der Waals surface area contributed by atoms with E-state index in [2.05, 4.69) is 10.6 Å². The van der Waals surface area contributed by atoms with Crippen molar-refractivity contribution in [3.63, 3.8) is 0 Å². The fourth-order valence-electron chi connectivity index (χ4n) is 4.88. The van der Waals surface area contributed by atoms with Crippen LogP contribution < -0.4 is 21.5 Å². The number of anilines is 2. The molecule has 194 valence electrons. The predicted octanol–water partition coefficient (Wildman–Crippen LogP) is 4.67. The third-order valence-electron chi connectivity index (χ3n) is 6.78. The second-order valence-electron chi connectivity index (χ2n) is 9.54. The first kappa shape index (κ1) is 26.4. The number of amidine groups is 1. The number of carbonyl (C=O) groups excluding carboxylic acids is 1. The molecule has 7 N–H and O–H groups in total. The number of primary sulfonamides is 1. The lowest BCUT2D eigenvalue weighted by molar-refractivity contribution is -0.117. The zero-order valence-electron chi connectivity index (χ0n) is 20.6. The molecule has 4 rings (SSSR count). The Bertz CT molecular complexity index is 1370. The summed E-state index contributed by atoms with van der Waals surface area (Å²) in [5.74, 6) is 0.280. The molecule has 0 spiro atoms. The largest absolute Gasteiger partial charge is 0.384 e. The second kappa shape index (κ2) is 11.6. The van der Waals surface area contributed by atoms with Crippen LogP contribution in [0.25, 0.3) is 11.1 Å². The van der Waals surface area contributed by atoms with Crippen molar-refractivity contribution >= 4 is 33.1 Å². The maximum Gasteiger partial charge on any atom is 0.246 e. The standard InChI is InChI=1S/C28H33N5O3S/c29-27(30)21-9-6-10-23(18-21)32-25(17-19-7-2-1-3-8-19)28(34)33-22-15-13-20(14-16-22)24-11-4-5-12-26(24)37(31,35)36/h4-6,9-16,18-19,25,32H,1-3,7-8,17H2,(H3,29,30)(H,33,34)(H2,31,35,36). The van der Waals surface area contributed by atoms with E-state index in [9.17, 15) is 13.2 Å². The molecule has 0 radical (unpaired) electrons. The average Bonchev–Trinajstić information content (AvgIpc) is 2.89. The second-order valence-corrected chi connectivity index (χ2v) is 11.1. The van der Waals surface area contributed by atoms with Crippen molar-refractivity contribution in [2.24, 2.45) is 16.8 Å². The molecule has 0 aliphatic heterocycles. The summed E-state index contributed by atoms with van der Waals surface area (Å²) in [4.78, 5) is 13.5. The normalized spacial score (nSPS) is 15.1. The monoisotopic (exact) mass is 519 g/mol. The zero-order valence-corrected chi connectivity index (χ0v) is 21.4. The molecular formula is C28H33N5O3S. The number of hydrogen-bond acceptors (Lipinski definition) is 5. The quantitative estimate of drug-likeness (QED) is 0.205. The van der Waals surface area contributed by atoms with Crippen molar-refractivity contribution in [3.8, 4) is 11.1 Å². The molecule has 9 heteroatoms. The van der Waals surface area contributed by atoms with Gasteiger partial charge in [-0.05, 0) is 48.2 Å². The molecule has 3 aromatic rings. The number of nitrogens with two attached hydrogens (primary N) is 2. The summed E-state index contributed by atoms with van der Waals surface area (Å²) in [6.45, 7) is 0. The van der Waals surface area contributed by atoms with Crippen molar-refractivity contribution in [2.45, 2.75) is 49.5 Å². The zero-order chi connectivity index (χ0) is 26.4. The third-order valence-corrected chi connectivity index (χ3v) is 7.75. The van der Waals surface area contributed by atoms with E-state index in [0.29, 0.717) is 34.7 Å². The van der Waals surface area contributed by atoms with Crippen molar-refractivity contribution in [2.75, 3.05) is 10.6 Å². The van der Waals surface area contributed by atoms with E-state index < -0.39 is 16.1 Å². The molecule has 1 fully saturated rings. The minimum absolute atomic E-state index is 0.0268. The number of nitrogen functional groups attached to an aromatic ring is 1. The maximum atomic E-state index is 13.4. The van der Waals surface area contributed by atoms with E-state index >= 15 is 0 Å². The van der Waals surface area contributed by atoms with E-state index in [1.54, 1.807) is 54.6 Å². The topological polar surface area (TPSA) is 151 Å². The molecule has 8 nitrogen and oxygen atoms in total. The van der Waals surface area contributed by atoms with Gasteiger partial charge in [0.15, 0.2) is 0 Å². The van der Waals surface area contributed by atoms with Crippen LogP contribution in [0.4, 0.5) is 11.4 Å². The van der Waals surface area contributed by atoms with E-state index in [4.69, 9.17) is 16.3 Å². The Labute approximate surface area is 218 Å². The van der Waals surface area contributed by atoms with Crippen LogP contribution in [0.1, 0.15) is 44.1 Å². The summed E-state index contributed by atoms with van der Waals surface area (Å²) < 4.78 is 24.0. The van der Waals surface area contributed by atoms with E-state index in [1.807, 2.05) is 12.1 Å². The van der Waals surface area contributed by atoms with Gasteiger partial charge in [-0.2, -0.15) is 0 Å². The highest BCUT2D eigenvalue weighted by molar-refractivity contribution is 7.89. The van der Waals surface area contributed by atoms with Gasteiger partial charge < -0.3 is 16.4 Å². The first-order valence-corrected chi connectivity index (χ1v) is 14.0. The van der Waals surface area contributed by atoms with Gasteiger partial charge in [-0.25, -0.2) is 13.6 Å². The molecule has 0 saturated heterocycles. The van der Waals surface area contributed by atoms with Crippen molar-refractivity contribution in [1.29, 1.82) is 5.41 Å². The molecular weight excluding hydrogens is 486 g/mol. The Morgan fingerprint density at radius 3 is 2.32 bits per heavy atom. The van der Waals surface area contributed by atoms with Crippen molar-refractivity contribution in [3.05, 3.63) is 78.4 Å². The number of sulfonamides is 1. The summed E-state index contributed by atoms with van der Waals surface area (Å²) in [6.07, 6.45) is 6.52. The number of nitrogens with one attached hydrogen (secondary N) is 3. The number of hydrogen-bond donors (Lipinski definition) is 5. The van der Waals surface area contributed by atoms with Crippen LogP contribution in [0.15, 0.2) is 77.7 Å². The van der Waals surface area contributed by atoms with Gasteiger partial charge in [0.1, 0.15) is 11.9 Å². The van der Waals surface area contributed by atoms with Crippen molar-refractivity contribution in [1.82, 2.24) is 0 Å². The molecule has 0 heterocycles. The Morgan fingerprint density at radius 1 is 0.946 bits per heavy atom. The Balaban J connectivity index is 1.53. The Kier molecular flexibility index (Phi) is 8.25. The molecule has 1 unspecified atom stereocenters. The number of rotatable bonds is 9. The van der Waals surface area contributed by atoms with Crippen LogP contribution >= 0.6 is 0 Å². The minimum atomic E-state index is -3.87. The summed E-state index contributed by atoms with van der Waals surface area (Å²) in [5.41, 5.74) is 8.77.